The fraction of sp³-hybridized carbons (Fsp3) is 0.500. The van der Waals surface area contributed by atoms with Gasteiger partial charge in [-0.25, -0.2) is 9.67 Å². The summed E-state index contributed by atoms with van der Waals surface area (Å²) < 4.78 is 1.76. The van der Waals surface area contributed by atoms with Gasteiger partial charge in [0, 0.05) is 11.8 Å². The van der Waals surface area contributed by atoms with Crippen molar-refractivity contribution in [2.45, 2.75) is 26.2 Å². The SMILES string of the molecule is C=Nc1c(C)cnn1/C=C\CCCCNC. The first-order chi connectivity index (χ1) is 7.79. The second-order valence-electron chi connectivity index (χ2n) is 3.74. The summed E-state index contributed by atoms with van der Waals surface area (Å²) in [5.74, 6) is 0.825. The van der Waals surface area contributed by atoms with Crippen LogP contribution in [0.25, 0.3) is 6.20 Å². The van der Waals surface area contributed by atoms with Crippen LogP contribution in [-0.2, 0) is 0 Å². The van der Waals surface area contributed by atoms with Crippen LogP contribution in [0.3, 0.4) is 0 Å². The van der Waals surface area contributed by atoms with Gasteiger partial charge in [-0.3, -0.25) is 0 Å². The van der Waals surface area contributed by atoms with Crippen LogP contribution in [-0.4, -0.2) is 30.1 Å². The van der Waals surface area contributed by atoms with Crippen molar-refractivity contribution < 1.29 is 0 Å². The van der Waals surface area contributed by atoms with E-state index < -0.39 is 0 Å². The van der Waals surface area contributed by atoms with Gasteiger partial charge in [-0.05, 0) is 46.5 Å². The second-order valence-corrected chi connectivity index (χ2v) is 3.74. The Labute approximate surface area is 97.1 Å². The lowest BCUT2D eigenvalue weighted by atomic mass is 10.2. The smallest absolute Gasteiger partial charge is 0.157 e. The van der Waals surface area contributed by atoms with Crippen molar-refractivity contribution in [1.29, 1.82) is 0 Å². The number of rotatable bonds is 7. The van der Waals surface area contributed by atoms with Gasteiger partial charge in [0.2, 0.25) is 0 Å². The number of unbranched alkanes of at least 4 members (excludes halogenated alkanes) is 2. The maximum absolute atomic E-state index is 4.20. The lowest BCUT2D eigenvalue weighted by molar-refractivity contribution is 0.684. The Morgan fingerprint density at radius 2 is 2.38 bits per heavy atom. The first kappa shape index (κ1) is 12.6. The molecular weight excluding hydrogens is 200 g/mol. The van der Waals surface area contributed by atoms with Crippen molar-refractivity contribution in [3.8, 4) is 0 Å². The van der Waals surface area contributed by atoms with E-state index in [1.807, 2.05) is 20.2 Å². The molecule has 1 aromatic heterocycles. The number of aromatic nitrogens is 2. The summed E-state index contributed by atoms with van der Waals surface area (Å²) in [5.41, 5.74) is 1.05. The Balaban J connectivity index is 2.40. The van der Waals surface area contributed by atoms with Gasteiger partial charge in [-0.2, -0.15) is 5.10 Å². The Morgan fingerprint density at radius 1 is 1.56 bits per heavy atom. The first-order valence-electron chi connectivity index (χ1n) is 5.61. The van der Waals surface area contributed by atoms with Gasteiger partial charge in [0.05, 0.1) is 6.20 Å². The molecule has 4 nitrogen and oxygen atoms in total. The molecule has 1 N–H and O–H groups in total. The van der Waals surface area contributed by atoms with Crippen molar-refractivity contribution in [2.24, 2.45) is 4.99 Å². The van der Waals surface area contributed by atoms with Crippen LogP contribution < -0.4 is 5.32 Å². The zero-order chi connectivity index (χ0) is 11.8. The third-order valence-corrected chi connectivity index (χ3v) is 2.39. The maximum atomic E-state index is 4.20. The molecule has 88 valence electrons. The molecule has 0 saturated carbocycles. The largest absolute Gasteiger partial charge is 0.320 e. The molecule has 4 heteroatoms. The molecule has 0 aliphatic rings. The van der Waals surface area contributed by atoms with Gasteiger partial charge in [0.25, 0.3) is 0 Å². The van der Waals surface area contributed by atoms with Crippen molar-refractivity contribution in [2.75, 3.05) is 13.6 Å². The predicted molar refractivity (Wildman–Crippen MR) is 69.3 cm³/mol. The quantitative estimate of drug-likeness (QED) is 0.566. The molecule has 0 aliphatic heterocycles. The van der Waals surface area contributed by atoms with Crippen molar-refractivity contribution in [1.82, 2.24) is 15.1 Å². The monoisotopic (exact) mass is 220 g/mol. The molecule has 0 amide bonds. The summed E-state index contributed by atoms with van der Waals surface area (Å²) in [5, 5.41) is 7.34. The van der Waals surface area contributed by atoms with Crippen molar-refractivity contribution in [3.05, 3.63) is 17.8 Å². The molecule has 0 aromatic carbocycles. The van der Waals surface area contributed by atoms with Crippen LogP contribution in [0.15, 0.2) is 17.3 Å². The minimum Gasteiger partial charge on any atom is -0.320 e. The van der Waals surface area contributed by atoms with E-state index in [0.717, 1.165) is 24.3 Å². The minimum atomic E-state index is 0.825. The lowest BCUT2D eigenvalue weighted by Gasteiger charge is -1.98. The van der Waals surface area contributed by atoms with Crippen LogP contribution >= 0.6 is 0 Å². The minimum absolute atomic E-state index is 0.825. The van der Waals surface area contributed by atoms with E-state index in [2.05, 4.69) is 28.2 Å². The highest BCUT2D eigenvalue weighted by molar-refractivity contribution is 5.49. The number of aryl methyl sites for hydroxylation is 1. The van der Waals surface area contributed by atoms with Crippen molar-refractivity contribution in [3.63, 3.8) is 0 Å². The zero-order valence-electron chi connectivity index (χ0n) is 10.1. The number of nitrogens with one attached hydrogen (secondary N) is 1. The summed E-state index contributed by atoms with van der Waals surface area (Å²) in [4.78, 5) is 3.95. The van der Waals surface area contributed by atoms with Gasteiger partial charge in [0.1, 0.15) is 0 Å². The van der Waals surface area contributed by atoms with Gasteiger partial charge in [-0.1, -0.05) is 6.08 Å². The average Bonchev–Trinajstić information content (AvgIpc) is 2.64. The molecule has 0 atom stereocenters. The second kappa shape index (κ2) is 6.95. The summed E-state index contributed by atoms with van der Waals surface area (Å²) in [6.07, 6.45) is 9.33. The fourth-order valence-electron chi connectivity index (χ4n) is 1.49. The topological polar surface area (TPSA) is 42.2 Å². The number of hydrogen-bond acceptors (Lipinski definition) is 3. The van der Waals surface area contributed by atoms with E-state index in [1.54, 1.807) is 10.9 Å². The molecule has 0 fully saturated rings. The predicted octanol–water partition coefficient (Wildman–Crippen LogP) is 2.38. The summed E-state index contributed by atoms with van der Waals surface area (Å²) >= 11 is 0. The molecule has 0 radical (unpaired) electrons. The molecule has 0 saturated heterocycles. The van der Waals surface area contributed by atoms with Crippen molar-refractivity contribution >= 4 is 18.7 Å². The van der Waals surface area contributed by atoms with Crippen LogP contribution in [0.1, 0.15) is 24.8 Å². The average molecular weight is 220 g/mol. The summed E-state index contributed by atoms with van der Waals surface area (Å²) in [6.45, 7) is 6.60. The number of aliphatic imine (C=N–C) groups is 1. The molecule has 1 aromatic rings. The van der Waals surface area contributed by atoms with Crippen LogP contribution in [0.2, 0.25) is 0 Å². The fourth-order valence-corrected chi connectivity index (χ4v) is 1.49. The van der Waals surface area contributed by atoms with Crippen LogP contribution in [0.4, 0.5) is 5.82 Å². The Morgan fingerprint density at radius 3 is 3.06 bits per heavy atom. The highest BCUT2D eigenvalue weighted by Crippen LogP contribution is 2.16. The van der Waals surface area contributed by atoms with E-state index in [0.29, 0.717) is 0 Å². The Hall–Kier alpha value is -1.42. The van der Waals surface area contributed by atoms with Gasteiger partial charge in [-0.15, -0.1) is 0 Å². The highest BCUT2D eigenvalue weighted by atomic mass is 15.3. The van der Waals surface area contributed by atoms with E-state index in [4.69, 9.17) is 0 Å². The van der Waals surface area contributed by atoms with Crippen LogP contribution in [0, 0.1) is 6.92 Å². The number of nitrogens with zero attached hydrogens (tertiary/aromatic N) is 3. The molecule has 0 unspecified atom stereocenters. The number of hydrogen-bond donors (Lipinski definition) is 1. The highest BCUT2D eigenvalue weighted by Gasteiger charge is 2.00. The molecule has 0 bridgehead atoms. The Bertz CT molecular complexity index is 352. The molecule has 0 spiro atoms. The third-order valence-electron chi connectivity index (χ3n) is 2.39. The van der Waals surface area contributed by atoms with E-state index in [9.17, 15) is 0 Å². The summed E-state index contributed by atoms with van der Waals surface area (Å²) in [6, 6.07) is 0. The Kier molecular flexibility index (Phi) is 5.50. The first-order valence-corrected chi connectivity index (χ1v) is 5.61. The van der Waals surface area contributed by atoms with E-state index >= 15 is 0 Å². The van der Waals surface area contributed by atoms with E-state index in [1.165, 1.54) is 12.8 Å². The number of allylic oxidation sites excluding steroid dienone is 1. The third kappa shape index (κ3) is 3.62. The molecule has 0 aliphatic carbocycles. The molecule has 1 rings (SSSR count). The van der Waals surface area contributed by atoms with Gasteiger partial charge < -0.3 is 5.32 Å². The van der Waals surface area contributed by atoms with E-state index in [-0.39, 0.29) is 0 Å². The maximum Gasteiger partial charge on any atom is 0.157 e. The van der Waals surface area contributed by atoms with Gasteiger partial charge >= 0.3 is 0 Å². The summed E-state index contributed by atoms with van der Waals surface area (Å²) in [7, 11) is 1.98. The van der Waals surface area contributed by atoms with Gasteiger partial charge in [0.15, 0.2) is 5.82 Å². The normalized spacial score (nSPS) is 11.1. The zero-order valence-corrected chi connectivity index (χ0v) is 10.1. The lowest BCUT2D eigenvalue weighted by Crippen LogP contribution is -2.06. The molecular formula is C12H20N4. The standard InChI is InChI=1S/C12H20N4/c1-11-10-15-16(12(11)14-3)9-7-5-4-6-8-13-2/h7,9-10,13H,3-6,8H2,1-2H3/b9-7-. The van der Waals surface area contributed by atoms with Crippen LogP contribution in [0.5, 0.6) is 0 Å². The molecule has 16 heavy (non-hydrogen) atoms. The molecule has 1 heterocycles.